The van der Waals surface area contributed by atoms with Crippen molar-refractivity contribution in [2.24, 2.45) is 0 Å². The van der Waals surface area contributed by atoms with E-state index in [0.29, 0.717) is 11.6 Å². The molecule has 2 aromatic rings. The first-order chi connectivity index (χ1) is 9.44. The zero-order valence-corrected chi connectivity index (χ0v) is 11.9. The fourth-order valence-corrected chi connectivity index (χ4v) is 2.99. The van der Waals surface area contributed by atoms with Crippen LogP contribution in [0.5, 0.6) is 5.75 Å². The summed E-state index contributed by atoms with van der Waals surface area (Å²) in [7, 11) is -2.21. The molecule has 2 rings (SSSR count). The third kappa shape index (κ3) is 2.91. The van der Waals surface area contributed by atoms with E-state index in [1.807, 2.05) is 0 Å². The lowest BCUT2D eigenvalue weighted by Gasteiger charge is -2.13. The minimum atomic E-state index is -3.68. The second kappa shape index (κ2) is 5.51. The van der Waals surface area contributed by atoms with E-state index in [1.54, 1.807) is 19.3 Å². The van der Waals surface area contributed by atoms with Crippen molar-refractivity contribution in [2.45, 2.75) is 17.9 Å². The number of aromatic nitrogens is 2. The molecule has 8 heteroatoms. The van der Waals surface area contributed by atoms with E-state index in [-0.39, 0.29) is 10.6 Å². The summed E-state index contributed by atoms with van der Waals surface area (Å²) in [6, 6.07) is 3.84. The molecule has 0 aliphatic rings. The minimum absolute atomic E-state index is 0.0780. The summed E-state index contributed by atoms with van der Waals surface area (Å²) in [4.78, 5) is 6.95. The summed E-state index contributed by atoms with van der Waals surface area (Å²) in [6.07, 6.45) is 3.19. The number of aromatic amines is 1. The SMILES string of the molecule is COc1ccc(S(=O)(=O)NC(C)c2ncc[nH]2)cc1N. The van der Waals surface area contributed by atoms with Gasteiger partial charge in [0.25, 0.3) is 0 Å². The average molecular weight is 296 g/mol. The number of nitrogens with one attached hydrogen (secondary N) is 2. The first-order valence-corrected chi connectivity index (χ1v) is 7.37. The van der Waals surface area contributed by atoms with Crippen LogP contribution in [-0.2, 0) is 10.0 Å². The molecule has 0 fully saturated rings. The van der Waals surface area contributed by atoms with E-state index in [4.69, 9.17) is 10.5 Å². The number of hydrogen-bond donors (Lipinski definition) is 3. The van der Waals surface area contributed by atoms with Crippen molar-refractivity contribution in [2.75, 3.05) is 12.8 Å². The van der Waals surface area contributed by atoms with Gasteiger partial charge in [-0.2, -0.15) is 0 Å². The van der Waals surface area contributed by atoms with Crippen LogP contribution >= 0.6 is 0 Å². The van der Waals surface area contributed by atoms with Crippen LogP contribution in [0.2, 0.25) is 0 Å². The maximum Gasteiger partial charge on any atom is 0.241 e. The van der Waals surface area contributed by atoms with Gasteiger partial charge in [-0.05, 0) is 25.1 Å². The molecule has 4 N–H and O–H groups in total. The predicted octanol–water partition coefficient (Wildman–Crippen LogP) is 1.04. The van der Waals surface area contributed by atoms with Crippen molar-refractivity contribution in [3.05, 3.63) is 36.4 Å². The summed E-state index contributed by atoms with van der Waals surface area (Å²) in [5, 5.41) is 0. The molecule has 7 nitrogen and oxygen atoms in total. The summed E-state index contributed by atoms with van der Waals surface area (Å²) in [5.41, 5.74) is 5.98. The van der Waals surface area contributed by atoms with Crippen LogP contribution in [0.1, 0.15) is 18.8 Å². The third-order valence-corrected chi connectivity index (χ3v) is 4.31. The van der Waals surface area contributed by atoms with Gasteiger partial charge in [-0.1, -0.05) is 0 Å². The number of anilines is 1. The molecule has 0 aliphatic heterocycles. The van der Waals surface area contributed by atoms with Crippen LogP contribution in [0.4, 0.5) is 5.69 Å². The number of nitrogens with two attached hydrogens (primary N) is 1. The number of methoxy groups -OCH3 is 1. The molecule has 0 spiro atoms. The summed E-state index contributed by atoms with van der Waals surface area (Å²) in [5.74, 6) is 0.970. The van der Waals surface area contributed by atoms with Crippen LogP contribution in [0.25, 0.3) is 0 Å². The number of hydrogen-bond acceptors (Lipinski definition) is 5. The molecule has 0 radical (unpaired) electrons. The van der Waals surface area contributed by atoms with Crippen molar-refractivity contribution in [1.29, 1.82) is 0 Å². The van der Waals surface area contributed by atoms with E-state index < -0.39 is 16.1 Å². The molecule has 1 heterocycles. The Morgan fingerprint density at radius 2 is 2.20 bits per heavy atom. The Morgan fingerprint density at radius 1 is 1.45 bits per heavy atom. The van der Waals surface area contributed by atoms with Gasteiger partial charge in [0.05, 0.1) is 23.7 Å². The van der Waals surface area contributed by atoms with Crippen LogP contribution in [-0.4, -0.2) is 25.5 Å². The van der Waals surface area contributed by atoms with Crippen LogP contribution < -0.4 is 15.2 Å². The number of nitrogen functional groups attached to an aromatic ring is 1. The number of ether oxygens (including phenoxy) is 1. The van der Waals surface area contributed by atoms with Gasteiger partial charge < -0.3 is 15.5 Å². The molecule has 1 atom stereocenters. The summed E-state index contributed by atoms with van der Waals surface area (Å²) in [6.45, 7) is 1.70. The molecule has 1 aromatic heterocycles. The number of nitrogens with zero attached hydrogens (tertiary/aromatic N) is 1. The minimum Gasteiger partial charge on any atom is -0.495 e. The molecule has 0 bridgehead atoms. The molecule has 0 aliphatic carbocycles. The monoisotopic (exact) mass is 296 g/mol. The lowest BCUT2D eigenvalue weighted by Crippen LogP contribution is -2.27. The highest BCUT2D eigenvalue weighted by atomic mass is 32.2. The van der Waals surface area contributed by atoms with Crippen LogP contribution in [0.15, 0.2) is 35.5 Å². The topological polar surface area (TPSA) is 110 Å². The number of rotatable bonds is 5. The lowest BCUT2D eigenvalue weighted by molar-refractivity contribution is 0.416. The van der Waals surface area contributed by atoms with Gasteiger partial charge in [0.1, 0.15) is 11.6 Å². The molecule has 1 aromatic carbocycles. The molecule has 0 amide bonds. The highest BCUT2D eigenvalue weighted by Crippen LogP contribution is 2.25. The van der Waals surface area contributed by atoms with Gasteiger partial charge >= 0.3 is 0 Å². The van der Waals surface area contributed by atoms with E-state index in [2.05, 4.69) is 14.7 Å². The number of imidazole rings is 1. The molecular weight excluding hydrogens is 280 g/mol. The molecular formula is C12H16N4O3S. The first kappa shape index (κ1) is 14.4. The van der Waals surface area contributed by atoms with Crippen molar-refractivity contribution >= 4 is 15.7 Å². The maximum atomic E-state index is 12.2. The fourth-order valence-electron chi connectivity index (χ4n) is 1.75. The van der Waals surface area contributed by atoms with Crippen molar-refractivity contribution in [1.82, 2.24) is 14.7 Å². The Morgan fingerprint density at radius 3 is 2.75 bits per heavy atom. The molecule has 20 heavy (non-hydrogen) atoms. The Labute approximate surface area is 117 Å². The molecule has 108 valence electrons. The zero-order valence-electron chi connectivity index (χ0n) is 11.1. The van der Waals surface area contributed by atoms with Gasteiger partial charge in [0, 0.05) is 12.4 Å². The quantitative estimate of drug-likeness (QED) is 0.714. The van der Waals surface area contributed by atoms with E-state index >= 15 is 0 Å². The van der Waals surface area contributed by atoms with Crippen LogP contribution in [0, 0.1) is 0 Å². The maximum absolute atomic E-state index is 12.2. The van der Waals surface area contributed by atoms with Gasteiger partial charge in [-0.25, -0.2) is 18.1 Å². The van der Waals surface area contributed by atoms with Gasteiger partial charge in [0.2, 0.25) is 10.0 Å². The molecule has 0 saturated heterocycles. The second-order valence-electron chi connectivity index (χ2n) is 4.22. The van der Waals surface area contributed by atoms with Gasteiger partial charge in [0.15, 0.2) is 0 Å². The second-order valence-corrected chi connectivity index (χ2v) is 5.94. The predicted molar refractivity (Wildman–Crippen MR) is 74.7 cm³/mol. The number of H-pyrrole nitrogens is 1. The number of sulfonamides is 1. The fraction of sp³-hybridized carbons (Fsp3) is 0.250. The zero-order chi connectivity index (χ0) is 14.8. The largest absolute Gasteiger partial charge is 0.495 e. The smallest absolute Gasteiger partial charge is 0.241 e. The summed E-state index contributed by atoms with van der Waals surface area (Å²) >= 11 is 0. The van der Waals surface area contributed by atoms with Crippen molar-refractivity contribution in [3.8, 4) is 5.75 Å². The Balaban J connectivity index is 2.24. The first-order valence-electron chi connectivity index (χ1n) is 5.89. The molecule has 1 unspecified atom stereocenters. The Kier molecular flexibility index (Phi) is 3.96. The Bertz CT molecular complexity index is 683. The number of benzene rings is 1. The summed E-state index contributed by atoms with van der Waals surface area (Å²) < 4.78 is 32.0. The normalized spacial score (nSPS) is 13.1. The third-order valence-electron chi connectivity index (χ3n) is 2.77. The lowest BCUT2D eigenvalue weighted by atomic mass is 10.3. The molecule has 0 saturated carbocycles. The van der Waals surface area contributed by atoms with E-state index in [0.717, 1.165) is 0 Å². The van der Waals surface area contributed by atoms with E-state index in [9.17, 15) is 8.42 Å². The highest BCUT2D eigenvalue weighted by molar-refractivity contribution is 7.89. The van der Waals surface area contributed by atoms with Crippen molar-refractivity contribution in [3.63, 3.8) is 0 Å². The van der Waals surface area contributed by atoms with Gasteiger partial charge in [-0.15, -0.1) is 0 Å². The van der Waals surface area contributed by atoms with Gasteiger partial charge in [-0.3, -0.25) is 0 Å². The standard InChI is InChI=1S/C12H16N4O3S/c1-8(12-14-5-6-15-12)16-20(17,18)9-3-4-11(19-2)10(13)7-9/h3-8,16H,13H2,1-2H3,(H,14,15). The average Bonchev–Trinajstić information content (AvgIpc) is 2.92. The Hall–Kier alpha value is -2.06. The van der Waals surface area contributed by atoms with Crippen molar-refractivity contribution < 1.29 is 13.2 Å². The van der Waals surface area contributed by atoms with Crippen LogP contribution in [0.3, 0.4) is 0 Å². The highest BCUT2D eigenvalue weighted by Gasteiger charge is 2.20. The van der Waals surface area contributed by atoms with E-state index in [1.165, 1.54) is 25.3 Å².